The van der Waals surface area contributed by atoms with Crippen molar-refractivity contribution < 1.29 is 5.11 Å². The summed E-state index contributed by atoms with van der Waals surface area (Å²) in [5, 5.41) is 22.1. The number of hydrazone groups is 1. The Kier molecular flexibility index (Phi) is 6.42. The smallest absolute Gasteiger partial charge is 0.347 e. The molecule has 1 N–H and O–H groups in total. The molecule has 2 heterocycles. The number of aliphatic hydroxyl groups excluding tert-OH is 1. The molecule has 1 atom stereocenters. The summed E-state index contributed by atoms with van der Waals surface area (Å²) in [4.78, 5) is 13.4. The van der Waals surface area contributed by atoms with E-state index in [2.05, 4.69) is 71.1 Å². The number of anilines is 1. The van der Waals surface area contributed by atoms with Crippen LogP contribution in [0.3, 0.4) is 0 Å². The van der Waals surface area contributed by atoms with E-state index in [1.165, 1.54) is 20.4 Å². The number of aliphatic hydroxyl groups is 1. The molecule has 9 heteroatoms. The Hall–Kier alpha value is -2.95. The van der Waals surface area contributed by atoms with E-state index >= 15 is 0 Å². The van der Waals surface area contributed by atoms with Gasteiger partial charge in [0.15, 0.2) is 0 Å². The van der Waals surface area contributed by atoms with Crippen molar-refractivity contribution in [2.24, 2.45) is 5.10 Å². The third-order valence-corrected chi connectivity index (χ3v) is 8.24. The van der Waals surface area contributed by atoms with Gasteiger partial charge in [-0.2, -0.15) is 5.10 Å². The Morgan fingerprint density at radius 3 is 2.54 bits per heavy atom. The van der Waals surface area contributed by atoms with Gasteiger partial charge in [-0.15, -0.1) is 5.10 Å². The number of hydrogen-bond acceptors (Lipinski definition) is 5. The second-order valence-electron chi connectivity index (χ2n) is 9.49. The number of nitrogens with zero attached hydrogens (tertiary/aromatic N) is 5. The van der Waals surface area contributed by atoms with Crippen molar-refractivity contribution in [3.8, 4) is 0 Å². The van der Waals surface area contributed by atoms with Gasteiger partial charge < -0.3 is 5.11 Å². The average molecular weight is 626 g/mol. The largest absolute Gasteiger partial charge is 0.395 e. The van der Waals surface area contributed by atoms with Gasteiger partial charge in [-0.3, -0.25) is 4.57 Å². The molecule has 0 saturated heterocycles. The fourth-order valence-electron chi connectivity index (χ4n) is 5.52. The average Bonchev–Trinajstić information content (AvgIpc) is 3.57. The van der Waals surface area contributed by atoms with Crippen LogP contribution in [-0.4, -0.2) is 38.3 Å². The summed E-state index contributed by atoms with van der Waals surface area (Å²) in [5.74, 6) is 0.442. The predicted molar refractivity (Wildman–Crippen MR) is 154 cm³/mol. The maximum atomic E-state index is 13.4. The van der Waals surface area contributed by atoms with Gasteiger partial charge in [0.2, 0.25) is 5.95 Å². The standard InChI is InChI=1S/C28H25ClIN5O2/c29-22-9-5-19(6-10-22)17-34-27(37)33(15-16-36)26(32-34)35-18-28(14-13-20-3-1-2-4-24(20)28)25(31-35)21-7-11-23(30)12-8-21/h1-12,36H,13-18H2/t28-/m0/s1. The first kappa shape index (κ1) is 24.4. The third-order valence-electron chi connectivity index (χ3n) is 7.27. The monoisotopic (exact) mass is 625 g/mol. The molecule has 1 aliphatic carbocycles. The predicted octanol–water partition coefficient (Wildman–Crippen LogP) is 4.45. The lowest BCUT2D eigenvalue weighted by atomic mass is 9.75. The van der Waals surface area contributed by atoms with Crippen LogP contribution in [0.4, 0.5) is 5.95 Å². The van der Waals surface area contributed by atoms with Crippen LogP contribution in [0.1, 0.15) is 28.7 Å². The molecule has 1 spiro atoms. The molecule has 0 unspecified atom stereocenters. The van der Waals surface area contributed by atoms with Crippen molar-refractivity contribution in [2.75, 3.05) is 18.2 Å². The van der Waals surface area contributed by atoms with Crippen molar-refractivity contribution in [1.82, 2.24) is 14.3 Å². The van der Waals surface area contributed by atoms with Crippen LogP contribution < -0.4 is 10.7 Å². The number of rotatable bonds is 6. The van der Waals surface area contributed by atoms with E-state index in [1.807, 2.05) is 17.1 Å². The van der Waals surface area contributed by atoms with Gasteiger partial charge in [-0.25, -0.2) is 14.5 Å². The molecule has 0 amide bonds. The van der Waals surface area contributed by atoms with Crippen molar-refractivity contribution in [1.29, 1.82) is 0 Å². The minimum Gasteiger partial charge on any atom is -0.395 e. The van der Waals surface area contributed by atoms with Gasteiger partial charge >= 0.3 is 5.69 Å². The summed E-state index contributed by atoms with van der Waals surface area (Å²) < 4.78 is 4.11. The van der Waals surface area contributed by atoms with Crippen LogP contribution in [0.2, 0.25) is 5.02 Å². The summed E-state index contributed by atoms with van der Waals surface area (Å²) >= 11 is 8.34. The highest BCUT2D eigenvalue weighted by molar-refractivity contribution is 14.1. The van der Waals surface area contributed by atoms with Crippen LogP contribution in [0.25, 0.3) is 0 Å². The summed E-state index contributed by atoms with van der Waals surface area (Å²) in [5.41, 5.74) is 5.01. The first-order chi connectivity index (χ1) is 18.0. The Morgan fingerprint density at radius 2 is 1.78 bits per heavy atom. The number of hydrogen-bond donors (Lipinski definition) is 1. The minimum atomic E-state index is -0.302. The molecule has 0 radical (unpaired) electrons. The second kappa shape index (κ2) is 9.74. The Bertz CT molecular complexity index is 1540. The fourth-order valence-corrected chi connectivity index (χ4v) is 6.01. The maximum Gasteiger partial charge on any atom is 0.347 e. The van der Waals surface area contributed by atoms with E-state index in [0.29, 0.717) is 24.1 Å². The molecule has 6 rings (SSSR count). The second-order valence-corrected chi connectivity index (χ2v) is 11.2. The Labute approximate surface area is 233 Å². The number of aromatic nitrogens is 3. The Balaban J connectivity index is 1.45. The van der Waals surface area contributed by atoms with Gasteiger partial charge in [-0.05, 0) is 82.0 Å². The molecule has 3 aromatic carbocycles. The molecule has 1 aliphatic heterocycles. The highest BCUT2D eigenvalue weighted by atomic mass is 127. The first-order valence-corrected chi connectivity index (χ1v) is 13.7. The van der Waals surface area contributed by atoms with Gasteiger partial charge in [0.25, 0.3) is 0 Å². The quantitative estimate of drug-likeness (QED) is 0.322. The zero-order chi connectivity index (χ0) is 25.6. The lowest BCUT2D eigenvalue weighted by Gasteiger charge is -2.27. The van der Waals surface area contributed by atoms with E-state index in [0.717, 1.165) is 33.3 Å². The van der Waals surface area contributed by atoms with E-state index in [4.69, 9.17) is 21.8 Å². The number of aryl methyl sites for hydroxylation is 1. The van der Waals surface area contributed by atoms with Crippen molar-refractivity contribution in [2.45, 2.75) is 31.3 Å². The molecule has 2 aliphatic rings. The first-order valence-electron chi connectivity index (χ1n) is 12.2. The molecule has 0 saturated carbocycles. The molecule has 0 fully saturated rings. The summed E-state index contributed by atoms with van der Waals surface area (Å²) in [6.45, 7) is 0.851. The van der Waals surface area contributed by atoms with E-state index < -0.39 is 0 Å². The van der Waals surface area contributed by atoms with Crippen molar-refractivity contribution in [3.05, 3.63) is 114 Å². The number of fused-ring (bicyclic) bond motifs is 2. The van der Waals surface area contributed by atoms with Crippen molar-refractivity contribution >= 4 is 45.9 Å². The minimum absolute atomic E-state index is 0.142. The van der Waals surface area contributed by atoms with Crippen molar-refractivity contribution in [3.63, 3.8) is 0 Å². The zero-order valence-electron chi connectivity index (χ0n) is 20.0. The highest BCUT2D eigenvalue weighted by Crippen LogP contribution is 2.46. The molecule has 188 valence electrons. The SMILES string of the molecule is O=c1n(Cc2ccc(Cl)cc2)nc(N2C[C@]3(CCc4ccccc43)C(c3ccc(I)cc3)=N2)n1CCO. The van der Waals surface area contributed by atoms with Gasteiger partial charge in [0.05, 0.1) is 37.4 Å². The van der Waals surface area contributed by atoms with Gasteiger partial charge in [-0.1, -0.05) is 60.1 Å². The molecule has 0 bridgehead atoms. The van der Waals surface area contributed by atoms with Crippen LogP contribution in [0.5, 0.6) is 0 Å². The highest BCUT2D eigenvalue weighted by Gasteiger charge is 2.49. The normalized spacial score (nSPS) is 18.5. The lowest BCUT2D eigenvalue weighted by molar-refractivity contribution is 0.274. The van der Waals surface area contributed by atoms with Crippen LogP contribution in [-0.2, 0) is 24.9 Å². The van der Waals surface area contributed by atoms with Crippen LogP contribution >= 0.6 is 34.2 Å². The molecular weight excluding hydrogens is 601 g/mol. The van der Waals surface area contributed by atoms with E-state index in [1.54, 1.807) is 12.1 Å². The molecule has 37 heavy (non-hydrogen) atoms. The summed E-state index contributed by atoms with van der Waals surface area (Å²) in [6.07, 6.45) is 1.91. The van der Waals surface area contributed by atoms with E-state index in [-0.39, 0.29) is 24.3 Å². The van der Waals surface area contributed by atoms with Crippen LogP contribution in [0, 0.1) is 3.57 Å². The van der Waals surface area contributed by atoms with Gasteiger partial charge in [0.1, 0.15) is 0 Å². The lowest BCUT2D eigenvalue weighted by Crippen LogP contribution is -2.37. The summed E-state index contributed by atoms with van der Waals surface area (Å²) in [6, 6.07) is 24.4. The maximum absolute atomic E-state index is 13.4. The van der Waals surface area contributed by atoms with E-state index in [9.17, 15) is 9.90 Å². The van der Waals surface area contributed by atoms with Crippen LogP contribution in [0.15, 0.2) is 82.7 Å². The fraction of sp³-hybridized carbons (Fsp3) is 0.250. The third kappa shape index (κ3) is 4.30. The van der Waals surface area contributed by atoms with Gasteiger partial charge in [0, 0.05) is 8.59 Å². The summed E-state index contributed by atoms with van der Waals surface area (Å²) in [7, 11) is 0. The molecular formula is C28H25ClIN5O2. The number of halogens is 2. The number of benzene rings is 3. The molecule has 1 aromatic heterocycles. The Morgan fingerprint density at radius 1 is 1.03 bits per heavy atom. The molecule has 4 aromatic rings. The molecule has 7 nitrogen and oxygen atoms in total. The zero-order valence-corrected chi connectivity index (χ0v) is 22.9. The topological polar surface area (TPSA) is 75.7 Å².